The monoisotopic (exact) mass is 270 g/mol. The summed E-state index contributed by atoms with van der Waals surface area (Å²) in [5.41, 5.74) is 0. The second-order valence-corrected chi connectivity index (χ2v) is 22.3. The summed E-state index contributed by atoms with van der Waals surface area (Å²) in [5.74, 6) is 0. The van der Waals surface area contributed by atoms with E-state index in [0.29, 0.717) is 4.62 Å². The number of rotatable bonds is 2. The van der Waals surface area contributed by atoms with Gasteiger partial charge in [-0.2, -0.15) is 0 Å². The van der Waals surface area contributed by atoms with Crippen LogP contribution in [0.2, 0.25) is 0 Å². The van der Waals surface area contributed by atoms with Crippen LogP contribution >= 0.6 is 26.8 Å². The third-order valence-corrected chi connectivity index (χ3v) is 4.26. The van der Waals surface area contributed by atoms with E-state index in [1.54, 1.807) is 0 Å². The van der Waals surface area contributed by atoms with E-state index in [4.69, 9.17) is 26.8 Å². The Kier molecular flexibility index (Phi) is 4.46. The molecule has 7 heavy (non-hydrogen) atoms. The molecule has 0 amide bonds. The van der Waals surface area contributed by atoms with Gasteiger partial charge in [0.2, 0.25) is 0 Å². The zero-order valence-electron chi connectivity index (χ0n) is 3.75. The van der Waals surface area contributed by atoms with Crippen molar-refractivity contribution in [3.8, 4) is 0 Å². The Hall–Kier alpha value is 1.63. The topological polar surface area (TPSA) is 9.23 Å². The molecule has 5 heteroatoms. The van der Waals surface area contributed by atoms with Gasteiger partial charge in [-0.25, -0.2) is 0 Å². The van der Waals surface area contributed by atoms with Gasteiger partial charge in [-0.15, -0.1) is 0 Å². The van der Waals surface area contributed by atoms with E-state index in [-0.39, 0.29) is 0 Å². The number of ether oxygens (including phenoxy) is 1. The van der Waals surface area contributed by atoms with E-state index in [1.807, 2.05) is 0 Å². The molecule has 0 aromatic carbocycles. The van der Waals surface area contributed by atoms with Crippen LogP contribution in [-0.2, 0) is 4.74 Å². The summed E-state index contributed by atoms with van der Waals surface area (Å²) in [4.78, 5) is 0. The van der Waals surface area contributed by atoms with E-state index in [9.17, 15) is 0 Å². The first-order valence-electron chi connectivity index (χ1n) is 1.62. The Balaban J connectivity index is 3.15. The van der Waals surface area contributed by atoms with Crippen molar-refractivity contribution in [1.29, 1.82) is 0 Å². The summed E-state index contributed by atoms with van der Waals surface area (Å²) in [6.07, 6.45) is 0. The fourth-order valence-corrected chi connectivity index (χ4v) is 3.29. The molecule has 0 aromatic rings. The molecule has 0 heterocycles. The van der Waals surface area contributed by atoms with Crippen molar-refractivity contribution in [2.24, 2.45) is 0 Å². The van der Waals surface area contributed by atoms with E-state index in [1.165, 1.54) is 7.11 Å². The maximum atomic E-state index is 5.45. The predicted molar refractivity (Wildman–Crippen MR) is 35.2 cm³/mol. The molecule has 0 bridgehead atoms. The predicted octanol–water partition coefficient (Wildman–Crippen LogP) is 1.83. The molecule has 1 nitrogen and oxygen atoms in total. The molecule has 0 saturated heterocycles. The molecule has 0 radical (unpaired) electrons. The quantitative estimate of drug-likeness (QED) is 0.696. The second kappa shape index (κ2) is 3.62. The van der Waals surface area contributed by atoms with Crippen molar-refractivity contribution in [3.63, 3.8) is 0 Å². The minimum atomic E-state index is -3.08. The van der Waals surface area contributed by atoms with Crippen molar-refractivity contribution in [3.05, 3.63) is 0 Å². The third kappa shape index (κ3) is 7.63. The van der Waals surface area contributed by atoms with Gasteiger partial charge in [0.1, 0.15) is 0 Å². The molecular weight excluding hydrogens is 265 g/mol. The molecule has 0 aliphatic carbocycles. The first-order valence-corrected chi connectivity index (χ1v) is 14.5. The molecule has 0 aliphatic rings. The van der Waals surface area contributed by atoms with Crippen LogP contribution in [0.15, 0.2) is 0 Å². The van der Waals surface area contributed by atoms with E-state index >= 15 is 0 Å². The Morgan fingerprint density at radius 1 is 1.43 bits per heavy atom. The summed E-state index contributed by atoms with van der Waals surface area (Å²) in [6.45, 7) is 0. The first kappa shape index (κ1) is 8.63. The van der Waals surface area contributed by atoms with Crippen molar-refractivity contribution < 1.29 is 4.74 Å². The van der Waals surface area contributed by atoms with Crippen LogP contribution in [0, 0.1) is 0 Å². The fourth-order valence-electron chi connectivity index (χ4n) is 0.164. The molecule has 0 rings (SSSR count). The van der Waals surface area contributed by atoms with Crippen molar-refractivity contribution in [1.82, 2.24) is 0 Å². The first-order chi connectivity index (χ1) is 3.06. The van der Waals surface area contributed by atoms with Crippen LogP contribution in [0.5, 0.6) is 0 Å². The number of hydrogen-bond donors (Lipinski definition) is 0. The summed E-state index contributed by atoms with van der Waals surface area (Å²) in [6, 6.07) is 0. The van der Waals surface area contributed by atoms with Crippen molar-refractivity contribution in [2.45, 2.75) is 0 Å². The number of methoxy groups -OCH3 is 1. The summed E-state index contributed by atoms with van der Waals surface area (Å²) in [5, 5.41) is 0. The van der Waals surface area contributed by atoms with Crippen LogP contribution in [0.3, 0.4) is 0 Å². The van der Waals surface area contributed by atoms with E-state index in [2.05, 4.69) is 4.74 Å². The van der Waals surface area contributed by atoms with Gasteiger partial charge in [0, 0.05) is 0 Å². The molecule has 0 spiro atoms. The van der Waals surface area contributed by atoms with Gasteiger partial charge in [-0.3, -0.25) is 0 Å². The molecule has 0 aliphatic heterocycles. The second-order valence-electron chi connectivity index (χ2n) is 1.05. The Morgan fingerprint density at radius 3 is 1.86 bits per heavy atom. The summed E-state index contributed by atoms with van der Waals surface area (Å²) in [7, 11) is 17.9. The molecular formula is C2H5Cl3OSn. The maximum absolute atomic E-state index is 5.45. The molecule has 0 saturated carbocycles. The SMILES string of the molecule is CO[CH2][Sn]([Cl])([Cl])[Cl]. The molecule has 0 N–H and O–H groups in total. The third-order valence-electron chi connectivity index (χ3n) is 0.308. The average Bonchev–Trinajstić information content (AvgIpc) is 1.30. The van der Waals surface area contributed by atoms with Crippen LogP contribution in [0.4, 0.5) is 0 Å². The average molecular weight is 270 g/mol. The Labute approximate surface area is 57.9 Å². The molecule has 0 aromatic heterocycles. The summed E-state index contributed by atoms with van der Waals surface area (Å²) >= 11 is -3.08. The zero-order valence-corrected chi connectivity index (χ0v) is 8.87. The number of halogens is 3. The van der Waals surface area contributed by atoms with Crippen LogP contribution < -0.4 is 0 Å². The van der Waals surface area contributed by atoms with E-state index < -0.39 is 15.0 Å². The van der Waals surface area contributed by atoms with Gasteiger partial charge >= 0.3 is 58.2 Å². The Bertz CT molecular complexity index is 51.4. The van der Waals surface area contributed by atoms with Gasteiger partial charge in [0.15, 0.2) is 0 Å². The molecule has 0 atom stereocenters. The molecule has 0 unspecified atom stereocenters. The summed E-state index contributed by atoms with van der Waals surface area (Å²) < 4.78 is 4.95. The minimum absolute atomic E-state index is 0.347. The van der Waals surface area contributed by atoms with Crippen molar-refractivity contribution >= 4 is 41.8 Å². The zero-order chi connectivity index (χ0) is 5.91. The van der Waals surface area contributed by atoms with Gasteiger partial charge in [0.05, 0.1) is 0 Å². The molecule has 44 valence electrons. The van der Waals surface area contributed by atoms with E-state index in [0.717, 1.165) is 0 Å². The number of hydrogen-bond acceptors (Lipinski definition) is 1. The van der Waals surface area contributed by atoms with Crippen LogP contribution in [0.25, 0.3) is 0 Å². The Morgan fingerprint density at radius 2 is 1.86 bits per heavy atom. The van der Waals surface area contributed by atoms with Gasteiger partial charge in [-0.05, 0) is 0 Å². The van der Waals surface area contributed by atoms with Gasteiger partial charge < -0.3 is 0 Å². The molecule has 0 fully saturated rings. The van der Waals surface area contributed by atoms with Crippen LogP contribution in [-0.4, -0.2) is 26.7 Å². The van der Waals surface area contributed by atoms with Crippen molar-refractivity contribution in [2.75, 3.05) is 11.7 Å². The standard InChI is InChI=1S/C2H5O.3ClH.Sn/c1-3-2;;;;/h1H2,2H3;3*1H;/q;;;;+3/p-3. The van der Waals surface area contributed by atoms with Crippen LogP contribution in [0.1, 0.15) is 0 Å². The normalized spacial score (nSPS) is 12.0. The van der Waals surface area contributed by atoms with Gasteiger partial charge in [-0.1, -0.05) is 0 Å². The van der Waals surface area contributed by atoms with Gasteiger partial charge in [0.25, 0.3) is 0 Å². The fraction of sp³-hybridized carbons (Fsp3) is 1.00.